The maximum atomic E-state index is 12.3. The van der Waals surface area contributed by atoms with Crippen LogP contribution in [0.3, 0.4) is 0 Å². The van der Waals surface area contributed by atoms with Gasteiger partial charge in [-0.25, -0.2) is 8.42 Å². The van der Waals surface area contributed by atoms with E-state index in [1.54, 1.807) is 4.90 Å². The van der Waals surface area contributed by atoms with E-state index in [2.05, 4.69) is 4.37 Å². The van der Waals surface area contributed by atoms with E-state index in [9.17, 15) is 21.6 Å². The average Bonchev–Trinajstić information content (AvgIpc) is 2.69. The summed E-state index contributed by atoms with van der Waals surface area (Å²) in [6.45, 7) is 0.0755. The summed E-state index contributed by atoms with van der Waals surface area (Å²) >= 11 is 0.955. The summed E-state index contributed by atoms with van der Waals surface area (Å²) in [4.78, 5) is 2.98. The highest BCUT2D eigenvalue weighted by Gasteiger charge is 2.33. The van der Waals surface area contributed by atoms with Gasteiger partial charge in [0.25, 0.3) is 0 Å². The van der Waals surface area contributed by atoms with Crippen molar-refractivity contribution in [2.45, 2.75) is 11.1 Å². The molecule has 0 atom stereocenters. The molecule has 0 radical (unpaired) electrons. The number of rotatable bonds is 3. The number of alkyl halides is 3. The monoisotopic (exact) mass is 344 g/mol. The molecular weight excluding hydrogens is 329 g/mol. The summed E-state index contributed by atoms with van der Waals surface area (Å²) in [6.07, 6.45) is -3.19. The number of piperazine rings is 1. The van der Waals surface area contributed by atoms with Crippen molar-refractivity contribution in [1.82, 2.24) is 9.27 Å². The van der Waals surface area contributed by atoms with E-state index < -0.39 is 22.6 Å². The Morgan fingerprint density at radius 3 is 2.33 bits per heavy atom. The highest BCUT2D eigenvalue weighted by Crippen LogP contribution is 2.35. The Kier molecular flexibility index (Phi) is 4.36. The molecule has 1 aromatic heterocycles. The summed E-state index contributed by atoms with van der Waals surface area (Å²) in [5.41, 5.74) is 5.58. The van der Waals surface area contributed by atoms with Gasteiger partial charge in [0.1, 0.15) is 9.90 Å². The van der Waals surface area contributed by atoms with Gasteiger partial charge in [-0.2, -0.15) is 17.5 Å². The van der Waals surface area contributed by atoms with Gasteiger partial charge in [0.15, 0.2) is 15.7 Å². The predicted molar refractivity (Wildman–Crippen MR) is 74.3 cm³/mol. The Bertz CT molecular complexity index is 606. The molecule has 0 unspecified atom stereocenters. The van der Waals surface area contributed by atoms with Crippen LogP contribution in [0.2, 0.25) is 0 Å². The van der Waals surface area contributed by atoms with Crippen molar-refractivity contribution in [1.29, 1.82) is 0 Å². The number of anilines is 2. The van der Waals surface area contributed by atoms with Gasteiger partial charge in [0, 0.05) is 32.4 Å². The smallest absolute Gasteiger partial charge is 0.382 e. The van der Waals surface area contributed by atoms with Gasteiger partial charge in [-0.05, 0) is 11.5 Å². The Labute approximate surface area is 124 Å². The molecule has 6 nitrogen and oxygen atoms in total. The van der Waals surface area contributed by atoms with Crippen molar-refractivity contribution < 1.29 is 21.6 Å². The Balaban J connectivity index is 2.10. The topological polar surface area (TPSA) is 79.5 Å². The summed E-state index contributed by atoms with van der Waals surface area (Å²) < 4.78 is 64.3. The maximum absolute atomic E-state index is 12.3. The first kappa shape index (κ1) is 16.3. The third kappa shape index (κ3) is 3.98. The molecule has 2 rings (SSSR count). The fraction of sp³-hybridized carbons (Fsp3) is 0.700. The van der Waals surface area contributed by atoms with Crippen molar-refractivity contribution in [2.24, 2.45) is 0 Å². The van der Waals surface area contributed by atoms with E-state index in [0.29, 0.717) is 18.1 Å². The van der Waals surface area contributed by atoms with E-state index in [1.807, 2.05) is 0 Å². The van der Waals surface area contributed by atoms with Crippen molar-refractivity contribution in [3.63, 3.8) is 0 Å². The van der Waals surface area contributed by atoms with Crippen LogP contribution in [0.5, 0.6) is 0 Å². The lowest BCUT2D eigenvalue weighted by atomic mass is 10.3. The Morgan fingerprint density at radius 2 is 1.86 bits per heavy atom. The largest absolute Gasteiger partial charge is 0.401 e. The number of nitrogens with two attached hydrogens (primary N) is 1. The second kappa shape index (κ2) is 5.61. The number of sulfone groups is 1. The Morgan fingerprint density at radius 1 is 1.29 bits per heavy atom. The predicted octanol–water partition coefficient (Wildman–Crippen LogP) is 0.813. The van der Waals surface area contributed by atoms with Gasteiger partial charge in [0.2, 0.25) is 0 Å². The molecule has 0 aliphatic carbocycles. The zero-order valence-corrected chi connectivity index (χ0v) is 12.9. The first-order valence-electron chi connectivity index (χ1n) is 6.07. The molecule has 1 aliphatic rings. The fourth-order valence-corrected chi connectivity index (χ4v) is 4.45. The van der Waals surface area contributed by atoms with E-state index >= 15 is 0 Å². The number of halogens is 3. The van der Waals surface area contributed by atoms with Gasteiger partial charge < -0.3 is 10.6 Å². The number of aromatic nitrogens is 1. The molecule has 120 valence electrons. The van der Waals surface area contributed by atoms with Gasteiger partial charge in [0.05, 0.1) is 6.54 Å². The molecular formula is C10H15F3N4O2S2. The van der Waals surface area contributed by atoms with Crippen molar-refractivity contribution >= 4 is 32.2 Å². The molecule has 1 saturated heterocycles. The van der Waals surface area contributed by atoms with Gasteiger partial charge >= 0.3 is 6.18 Å². The standard InChI is InChI=1S/C10H15F3N4O2S2/c1-21(18,19)7-8(14)15-20-9(7)17-4-2-16(3-5-17)6-10(11,12)13/h2-6H2,1H3,(H2,14,15). The molecule has 0 amide bonds. The van der Waals surface area contributed by atoms with E-state index in [-0.39, 0.29) is 23.8 Å². The van der Waals surface area contributed by atoms with Crippen LogP contribution in [0.4, 0.5) is 24.0 Å². The molecule has 0 spiro atoms. The highest BCUT2D eigenvalue weighted by atomic mass is 32.2. The van der Waals surface area contributed by atoms with Crippen molar-refractivity contribution in [3.05, 3.63) is 0 Å². The second-order valence-corrected chi connectivity index (χ2v) is 7.56. The quantitative estimate of drug-likeness (QED) is 0.874. The Hall–Kier alpha value is -1.07. The van der Waals surface area contributed by atoms with E-state index in [4.69, 9.17) is 5.73 Å². The van der Waals surface area contributed by atoms with Crippen LogP contribution in [0.25, 0.3) is 0 Å². The van der Waals surface area contributed by atoms with Crippen LogP contribution in [0.1, 0.15) is 0 Å². The molecule has 0 aromatic carbocycles. The SMILES string of the molecule is CS(=O)(=O)c1c(N)nsc1N1CCN(CC(F)(F)F)CC1. The lowest BCUT2D eigenvalue weighted by Gasteiger charge is -2.35. The zero-order chi connectivity index (χ0) is 15.8. The summed E-state index contributed by atoms with van der Waals surface area (Å²) in [7, 11) is -3.52. The number of nitrogens with zero attached hydrogens (tertiary/aromatic N) is 3. The van der Waals surface area contributed by atoms with Gasteiger partial charge in [-0.1, -0.05) is 0 Å². The molecule has 11 heteroatoms. The molecule has 2 heterocycles. The van der Waals surface area contributed by atoms with Crippen LogP contribution < -0.4 is 10.6 Å². The van der Waals surface area contributed by atoms with Crippen LogP contribution in [0, 0.1) is 0 Å². The van der Waals surface area contributed by atoms with Crippen molar-refractivity contribution in [2.75, 3.05) is 49.6 Å². The first-order chi connectivity index (χ1) is 9.58. The summed E-state index contributed by atoms with van der Waals surface area (Å²) in [5.74, 6) is -0.0600. The van der Waals surface area contributed by atoms with Crippen LogP contribution in [-0.2, 0) is 9.84 Å². The minimum atomic E-state index is -4.23. The molecule has 0 saturated carbocycles. The molecule has 1 fully saturated rings. The van der Waals surface area contributed by atoms with Crippen LogP contribution in [0.15, 0.2) is 4.90 Å². The third-order valence-corrected chi connectivity index (χ3v) is 5.29. The number of hydrogen-bond donors (Lipinski definition) is 1. The number of nitrogen functional groups attached to an aromatic ring is 1. The minimum Gasteiger partial charge on any atom is -0.382 e. The van der Waals surface area contributed by atoms with Gasteiger partial charge in [-0.3, -0.25) is 4.90 Å². The van der Waals surface area contributed by atoms with E-state index in [0.717, 1.165) is 17.8 Å². The van der Waals surface area contributed by atoms with Crippen molar-refractivity contribution in [3.8, 4) is 0 Å². The second-order valence-electron chi connectivity index (χ2n) is 4.85. The average molecular weight is 344 g/mol. The van der Waals surface area contributed by atoms with Gasteiger partial charge in [-0.15, -0.1) is 0 Å². The summed E-state index contributed by atoms with van der Waals surface area (Å²) in [5, 5.41) is 0.404. The molecule has 0 bridgehead atoms. The van der Waals surface area contributed by atoms with E-state index in [1.165, 1.54) is 4.90 Å². The zero-order valence-electron chi connectivity index (χ0n) is 11.2. The molecule has 2 N–H and O–H groups in total. The maximum Gasteiger partial charge on any atom is 0.401 e. The summed E-state index contributed by atoms with van der Waals surface area (Å²) in [6, 6.07) is 0. The molecule has 1 aliphatic heterocycles. The van der Waals surface area contributed by atoms with Crippen LogP contribution >= 0.6 is 11.5 Å². The lowest BCUT2D eigenvalue weighted by molar-refractivity contribution is -0.146. The third-order valence-electron chi connectivity index (χ3n) is 3.09. The highest BCUT2D eigenvalue weighted by molar-refractivity contribution is 7.91. The first-order valence-corrected chi connectivity index (χ1v) is 8.73. The minimum absolute atomic E-state index is 0.0308. The molecule has 1 aromatic rings. The fourth-order valence-electron chi connectivity index (χ4n) is 2.20. The normalized spacial score (nSPS) is 18.2. The lowest BCUT2D eigenvalue weighted by Crippen LogP contribution is -2.49. The number of hydrogen-bond acceptors (Lipinski definition) is 7. The molecule has 21 heavy (non-hydrogen) atoms. The van der Waals surface area contributed by atoms with Crippen LogP contribution in [-0.4, -0.2) is 62.8 Å².